The Morgan fingerprint density at radius 2 is 1.54 bits per heavy atom. The van der Waals surface area contributed by atoms with Crippen LogP contribution in [0.25, 0.3) is 0 Å². The van der Waals surface area contributed by atoms with E-state index >= 15 is 0 Å². The summed E-state index contributed by atoms with van der Waals surface area (Å²) in [6.45, 7) is 4.15. The second-order valence-electron chi connectivity index (χ2n) is 6.87. The Hall–Kier alpha value is -3.15. The monoisotopic (exact) mass is 382 g/mol. The molecule has 0 heterocycles. The zero-order valence-electron chi connectivity index (χ0n) is 16.2. The van der Waals surface area contributed by atoms with Crippen molar-refractivity contribution < 1.29 is 19.1 Å². The Labute approximate surface area is 165 Å². The van der Waals surface area contributed by atoms with Crippen molar-refractivity contribution >= 4 is 17.8 Å². The molecular weight excluding hydrogens is 356 g/mol. The molecule has 0 aliphatic carbocycles. The number of rotatable bonds is 9. The van der Waals surface area contributed by atoms with Crippen LogP contribution in [0, 0.1) is 5.92 Å². The van der Waals surface area contributed by atoms with Crippen molar-refractivity contribution in [2.75, 3.05) is 13.2 Å². The SMILES string of the molecule is CC(C)CNC(=O)COC(=O)C[C@@H](NC(=O)c1ccccc1)c1ccccc1. The lowest BCUT2D eigenvalue weighted by Crippen LogP contribution is -2.33. The van der Waals surface area contributed by atoms with Crippen molar-refractivity contribution in [2.24, 2.45) is 5.92 Å². The molecule has 0 aliphatic rings. The first-order valence-corrected chi connectivity index (χ1v) is 9.29. The van der Waals surface area contributed by atoms with E-state index in [2.05, 4.69) is 10.6 Å². The molecule has 2 aromatic rings. The van der Waals surface area contributed by atoms with E-state index in [1.807, 2.05) is 50.2 Å². The predicted octanol–water partition coefficient (Wildman–Crippen LogP) is 2.86. The van der Waals surface area contributed by atoms with Crippen LogP contribution in [0.2, 0.25) is 0 Å². The summed E-state index contributed by atoms with van der Waals surface area (Å²) in [7, 11) is 0. The van der Waals surface area contributed by atoms with Gasteiger partial charge >= 0.3 is 5.97 Å². The highest BCUT2D eigenvalue weighted by Crippen LogP contribution is 2.18. The van der Waals surface area contributed by atoms with E-state index in [0.717, 1.165) is 5.56 Å². The van der Waals surface area contributed by atoms with Crippen LogP contribution in [0.3, 0.4) is 0 Å². The first-order chi connectivity index (χ1) is 13.5. The molecule has 0 saturated heterocycles. The Bertz CT molecular complexity index is 776. The van der Waals surface area contributed by atoms with Gasteiger partial charge < -0.3 is 15.4 Å². The van der Waals surface area contributed by atoms with Crippen molar-refractivity contribution in [3.8, 4) is 0 Å². The van der Waals surface area contributed by atoms with Crippen molar-refractivity contribution in [3.05, 3.63) is 71.8 Å². The second kappa shape index (κ2) is 10.9. The van der Waals surface area contributed by atoms with Crippen molar-refractivity contribution in [1.29, 1.82) is 0 Å². The third kappa shape index (κ3) is 7.23. The Morgan fingerprint density at radius 3 is 2.14 bits per heavy atom. The van der Waals surface area contributed by atoms with Gasteiger partial charge in [0.1, 0.15) is 0 Å². The molecule has 0 fully saturated rings. The molecule has 2 N–H and O–H groups in total. The maximum atomic E-state index is 12.5. The smallest absolute Gasteiger partial charge is 0.308 e. The lowest BCUT2D eigenvalue weighted by atomic mass is 10.0. The van der Waals surface area contributed by atoms with Crippen LogP contribution in [-0.2, 0) is 14.3 Å². The molecular formula is C22H26N2O4. The topological polar surface area (TPSA) is 84.5 Å². The van der Waals surface area contributed by atoms with E-state index in [-0.39, 0.29) is 24.8 Å². The fraction of sp³-hybridized carbons (Fsp3) is 0.318. The van der Waals surface area contributed by atoms with Crippen LogP contribution in [0.15, 0.2) is 60.7 Å². The van der Waals surface area contributed by atoms with Gasteiger partial charge in [-0.05, 0) is 23.6 Å². The number of hydrogen-bond acceptors (Lipinski definition) is 4. The fourth-order valence-corrected chi connectivity index (χ4v) is 2.51. The third-order valence-corrected chi connectivity index (χ3v) is 3.99. The van der Waals surface area contributed by atoms with Crippen molar-refractivity contribution in [2.45, 2.75) is 26.3 Å². The number of carbonyl (C=O) groups excluding carboxylic acids is 3. The fourth-order valence-electron chi connectivity index (χ4n) is 2.51. The molecule has 0 aliphatic heterocycles. The maximum Gasteiger partial charge on any atom is 0.308 e. The number of nitrogens with one attached hydrogen (secondary N) is 2. The maximum absolute atomic E-state index is 12.5. The van der Waals surface area contributed by atoms with Crippen LogP contribution in [0.5, 0.6) is 0 Å². The van der Waals surface area contributed by atoms with E-state index in [0.29, 0.717) is 18.0 Å². The van der Waals surface area contributed by atoms with E-state index in [9.17, 15) is 14.4 Å². The van der Waals surface area contributed by atoms with Gasteiger partial charge in [0.15, 0.2) is 6.61 Å². The summed E-state index contributed by atoms with van der Waals surface area (Å²) < 4.78 is 5.07. The quantitative estimate of drug-likeness (QED) is 0.653. The molecule has 148 valence electrons. The van der Waals surface area contributed by atoms with Crippen LogP contribution in [0.1, 0.15) is 42.2 Å². The molecule has 0 aromatic heterocycles. The van der Waals surface area contributed by atoms with Crippen LogP contribution in [0.4, 0.5) is 0 Å². The number of hydrogen-bond donors (Lipinski definition) is 2. The largest absolute Gasteiger partial charge is 0.456 e. The van der Waals surface area contributed by atoms with Crippen LogP contribution >= 0.6 is 0 Å². The Balaban J connectivity index is 1.97. The molecule has 0 saturated carbocycles. The molecule has 0 bridgehead atoms. The number of carbonyl (C=O) groups is 3. The minimum Gasteiger partial charge on any atom is -0.456 e. The Kier molecular flexibility index (Phi) is 8.21. The van der Waals surface area contributed by atoms with Gasteiger partial charge in [-0.25, -0.2) is 0 Å². The summed E-state index contributed by atoms with van der Waals surface area (Å²) >= 11 is 0. The van der Waals surface area contributed by atoms with Gasteiger partial charge in [0.05, 0.1) is 12.5 Å². The molecule has 2 amide bonds. The summed E-state index contributed by atoms with van der Waals surface area (Å²) in [6.07, 6.45) is -0.0694. The average molecular weight is 382 g/mol. The number of benzene rings is 2. The third-order valence-electron chi connectivity index (χ3n) is 3.99. The van der Waals surface area contributed by atoms with Crippen molar-refractivity contribution in [3.63, 3.8) is 0 Å². The number of esters is 1. The van der Waals surface area contributed by atoms with Gasteiger partial charge in [-0.1, -0.05) is 62.4 Å². The Morgan fingerprint density at radius 1 is 0.929 bits per heavy atom. The van der Waals surface area contributed by atoms with E-state index in [1.54, 1.807) is 24.3 Å². The summed E-state index contributed by atoms with van der Waals surface area (Å²) in [6, 6.07) is 17.4. The lowest BCUT2D eigenvalue weighted by molar-refractivity contribution is -0.149. The zero-order valence-corrected chi connectivity index (χ0v) is 16.2. The van der Waals surface area contributed by atoms with Gasteiger partial charge in [-0.3, -0.25) is 14.4 Å². The van der Waals surface area contributed by atoms with Crippen LogP contribution in [-0.4, -0.2) is 30.9 Å². The van der Waals surface area contributed by atoms with Crippen molar-refractivity contribution in [1.82, 2.24) is 10.6 Å². The summed E-state index contributed by atoms with van der Waals surface area (Å²) in [5.74, 6) is -0.860. The summed E-state index contributed by atoms with van der Waals surface area (Å²) in [4.78, 5) is 36.4. The van der Waals surface area contributed by atoms with Crippen LogP contribution < -0.4 is 10.6 Å². The van der Waals surface area contributed by atoms with E-state index < -0.39 is 12.0 Å². The minimum absolute atomic E-state index is 0.0694. The summed E-state index contributed by atoms with van der Waals surface area (Å²) in [5, 5.41) is 5.56. The normalized spacial score (nSPS) is 11.5. The molecule has 28 heavy (non-hydrogen) atoms. The van der Waals surface area contributed by atoms with Gasteiger partial charge in [0.25, 0.3) is 11.8 Å². The van der Waals surface area contributed by atoms with E-state index in [4.69, 9.17) is 4.74 Å². The van der Waals surface area contributed by atoms with Gasteiger partial charge in [0, 0.05) is 12.1 Å². The minimum atomic E-state index is -0.555. The van der Waals surface area contributed by atoms with E-state index in [1.165, 1.54) is 0 Å². The average Bonchev–Trinajstić information content (AvgIpc) is 2.71. The lowest BCUT2D eigenvalue weighted by Gasteiger charge is -2.19. The number of amides is 2. The molecule has 2 rings (SSSR count). The standard InChI is InChI=1S/C22H26N2O4/c1-16(2)14-23-20(25)15-28-21(26)13-19(17-9-5-3-6-10-17)24-22(27)18-11-7-4-8-12-18/h3-12,16,19H,13-15H2,1-2H3,(H,23,25)(H,24,27)/t19-/m1/s1. The molecule has 6 heteroatoms. The summed E-state index contributed by atoms with van der Waals surface area (Å²) in [5.41, 5.74) is 1.29. The second-order valence-corrected chi connectivity index (χ2v) is 6.87. The molecule has 0 unspecified atom stereocenters. The zero-order chi connectivity index (χ0) is 20.4. The molecule has 2 aromatic carbocycles. The highest BCUT2D eigenvalue weighted by Gasteiger charge is 2.20. The number of ether oxygens (including phenoxy) is 1. The van der Waals surface area contributed by atoms with Gasteiger partial charge in [-0.2, -0.15) is 0 Å². The van der Waals surface area contributed by atoms with Gasteiger partial charge in [-0.15, -0.1) is 0 Å². The highest BCUT2D eigenvalue weighted by atomic mass is 16.5. The molecule has 0 spiro atoms. The predicted molar refractivity (Wildman–Crippen MR) is 107 cm³/mol. The highest BCUT2D eigenvalue weighted by molar-refractivity contribution is 5.94. The first kappa shape index (κ1) is 21.2. The molecule has 6 nitrogen and oxygen atoms in total. The molecule has 0 radical (unpaired) electrons. The first-order valence-electron chi connectivity index (χ1n) is 9.29. The molecule has 1 atom stereocenters. The van der Waals surface area contributed by atoms with Gasteiger partial charge in [0.2, 0.25) is 0 Å².